The third-order valence-corrected chi connectivity index (χ3v) is 5.25. The van der Waals surface area contributed by atoms with Crippen LogP contribution in [0, 0.1) is 17.0 Å². The Bertz CT molecular complexity index is 857. The number of hydrogen-bond donors (Lipinski definition) is 1. The maximum atomic E-state index is 14.8. The first-order valence-electron chi connectivity index (χ1n) is 11.2. The maximum Gasteiger partial charge on any atom is 0.411 e. The molecule has 0 heterocycles. The van der Waals surface area contributed by atoms with Crippen LogP contribution in [-0.2, 0) is 12.8 Å². The monoisotopic (exact) mass is 431 g/mol. The molecule has 0 aliphatic heterocycles. The summed E-state index contributed by atoms with van der Waals surface area (Å²) in [5.41, 5.74) is 2.55. The normalized spacial score (nSPS) is 11.5. The number of rotatable bonds is 10. The summed E-state index contributed by atoms with van der Waals surface area (Å²) in [7, 11) is 0. The van der Waals surface area contributed by atoms with Crippen molar-refractivity contribution in [2.45, 2.75) is 72.6 Å². The number of anilines is 1. The molecular formula is C26H35F2NO2. The van der Waals surface area contributed by atoms with E-state index in [4.69, 9.17) is 0 Å². The van der Waals surface area contributed by atoms with Gasteiger partial charge in [-0.1, -0.05) is 77.6 Å². The summed E-state index contributed by atoms with van der Waals surface area (Å²) in [6.45, 7) is 8.82. The average molecular weight is 432 g/mol. The molecule has 0 atom stereocenters. The quantitative estimate of drug-likeness (QED) is 0.394. The molecule has 1 N–H and O–H groups in total. The van der Waals surface area contributed by atoms with Crippen molar-refractivity contribution in [3.05, 3.63) is 64.7 Å². The Morgan fingerprint density at radius 1 is 0.968 bits per heavy atom. The molecule has 1 amide bonds. The van der Waals surface area contributed by atoms with Crippen molar-refractivity contribution in [3.8, 4) is 0 Å². The molecule has 2 aromatic rings. The van der Waals surface area contributed by atoms with E-state index in [-0.39, 0.29) is 24.1 Å². The smallest absolute Gasteiger partial charge is 0.411 e. The van der Waals surface area contributed by atoms with Crippen LogP contribution in [-0.4, -0.2) is 17.7 Å². The molecular weight excluding hydrogens is 396 g/mol. The van der Waals surface area contributed by atoms with Crippen molar-refractivity contribution < 1.29 is 18.7 Å². The fourth-order valence-corrected chi connectivity index (χ4v) is 3.84. The van der Waals surface area contributed by atoms with Gasteiger partial charge >= 0.3 is 6.09 Å². The lowest BCUT2D eigenvalue weighted by molar-refractivity contribution is 0.201. The predicted octanol–water partition coefficient (Wildman–Crippen LogP) is 7.60. The van der Waals surface area contributed by atoms with E-state index in [1.807, 2.05) is 24.3 Å². The highest BCUT2D eigenvalue weighted by Gasteiger charge is 2.23. The third kappa shape index (κ3) is 7.97. The molecule has 0 unspecified atom stereocenters. The van der Waals surface area contributed by atoms with Gasteiger partial charge in [-0.15, -0.1) is 0 Å². The summed E-state index contributed by atoms with van der Waals surface area (Å²) in [4.78, 5) is 12.9. The number of halogens is 2. The molecule has 170 valence electrons. The molecule has 0 aromatic heterocycles. The number of hydrogen-bond acceptors (Lipinski definition) is 1. The van der Waals surface area contributed by atoms with Gasteiger partial charge in [-0.05, 0) is 47.4 Å². The SMILES string of the molecule is CCCCCCCN(C(=O)O)c1c(F)cc(F)cc1Cc1ccc(CC(C)(C)C)cc1. The van der Waals surface area contributed by atoms with Gasteiger partial charge in [-0.2, -0.15) is 0 Å². The van der Waals surface area contributed by atoms with Crippen molar-refractivity contribution in [2.75, 3.05) is 11.4 Å². The number of amides is 1. The van der Waals surface area contributed by atoms with Crippen LogP contribution in [0.25, 0.3) is 0 Å². The summed E-state index contributed by atoms with van der Waals surface area (Å²) in [6, 6.07) is 9.96. The minimum atomic E-state index is -1.22. The fourth-order valence-electron chi connectivity index (χ4n) is 3.84. The van der Waals surface area contributed by atoms with Crippen LogP contribution in [0.2, 0.25) is 0 Å². The predicted molar refractivity (Wildman–Crippen MR) is 123 cm³/mol. The molecule has 2 aromatic carbocycles. The number of benzene rings is 2. The van der Waals surface area contributed by atoms with E-state index >= 15 is 0 Å². The molecule has 0 bridgehead atoms. The molecule has 0 aliphatic rings. The van der Waals surface area contributed by atoms with Crippen LogP contribution in [0.5, 0.6) is 0 Å². The first-order chi connectivity index (χ1) is 14.6. The molecule has 0 saturated carbocycles. The summed E-state index contributed by atoms with van der Waals surface area (Å²) in [5.74, 6) is -1.54. The fraction of sp³-hybridized carbons (Fsp3) is 0.500. The maximum absolute atomic E-state index is 14.8. The third-order valence-electron chi connectivity index (χ3n) is 5.25. The minimum Gasteiger partial charge on any atom is -0.465 e. The summed E-state index contributed by atoms with van der Waals surface area (Å²) >= 11 is 0. The molecule has 31 heavy (non-hydrogen) atoms. The van der Waals surface area contributed by atoms with Crippen LogP contribution >= 0.6 is 0 Å². The van der Waals surface area contributed by atoms with Gasteiger partial charge in [-0.3, -0.25) is 4.90 Å². The van der Waals surface area contributed by atoms with Crippen molar-refractivity contribution in [3.63, 3.8) is 0 Å². The zero-order valence-corrected chi connectivity index (χ0v) is 19.2. The summed E-state index contributed by atoms with van der Waals surface area (Å²) in [6.07, 6.45) is 4.70. The van der Waals surface area contributed by atoms with E-state index in [9.17, 15) is 18.7 Å². The van der Waals surface area contributed by atoms with Gasteiger partial charge in [-0.25, -0.2) is 13.6 Å². The lowest BCUT2D eigenvalue weighted by Gasteiger charge is -2.23. The van der Waals surface area contributed by atoms with Crippen molar-refractivity contribution in [2.24, 2.45) is 5.41 Å². The highest BCUT2D eigenvalue weighted by atomic mass is 19.1. The first kappa shape index (κ1) is 24.8. The van der Waals surface area contributed by atoms with Crippen LogP contribution in [0.1, 0.15) is 76.5 Å². The van der Waals surface area contributed by atoms with Gasteiger partial charge in [0.25, 0.3) is 0 Å². The lowest BCUT2D eigenvalue weighted by atomic mass is 9.87. The highest BCUT2D eigenvalue weighted by molar-refractivity contribution is 5.87. The molecule has 0 radical (unpaired) electrons. The molecule has 5 heteroatoms. The second-order valence-electron chi connectivity index (χ2n) is 9.47. The van der Waals surface area contributed by atoms with Gasteiger partial charge in [0, 0.05) is 12.6 Å². The Balaban J connectivity index is 2.26. The molecule has 3 nitrogen and oxygen atoms in total. The van der Waals surface area contributed by atoms with Crippen LogP contribution in [0.15, 0.2) is 36.4 Å². The zero-order chi connectivity index (χ0) is 23.0. The summed E-state index contributed by atoms with van der Waals surface area (Å²) in [5, 5.41) is 9.72. The number of unbranched alkanes of at least 4 members (excludes halogenated alkanes) is 4. The Labute approximate surface area is 185 Å². The van der Waals surface area contributed by atoms with Gasteiger partial charge in [0.15, 0.2) is 0 Å². The first-order valence-corrected chi connectivity index (χ1v) is 11.2. The van der Waals surface area contributed by atoms with E-state index in [0.29, 0.717) is 12.0 Å². The van der Waals surface area contributed by atoms with E-state index in [0.717, 1.165) is 48.6 Å². The summed E-state index contributed by atoms with van der Waals surface area (Å²) < 4.78 is 28.8. The van der Waals surface area contributed by atoms with Gasteiger partial charge in [0.2, 0.25) is 0 Å². The van der Waals surface area contributed by atoms with E-state index in [1.165, 1.54) is 11.6 Å². The molecule has 0 fully saturated rings. The minimum absolute atomic E-state index is 0.0387. The number of carboxylic acid groups (broad SMARTS) is 1. The Kier molecular flexibility index (Phi) is 9.02. The van der Waals surface area contributed by atoms with Crippen molar-refractivity contribution in [1.29, 1.82) is 0 Å². The zero-order valence-electron chi connectivity index (χ0n) is 19.2. The standard InChI is InChI=1S/C26H35F2NO2/c1-5-6-7-8-9-14-29(25(30)31)24-21(16-22(27)17-23(24)28)15-19-10-12-20(13-11-19)18-26(2,3)4/h10-13,16-17H,5-9,14-15,18H2,1-4H3,(H,30,31). The van der Waals surface area contributed by atoms with Crippen LogP contribution < -0.4 is 4.90 Å². The number of carbonyl (C=O) groups is 1. The Hall–Kier alpha value is -2.43. The van der Waals surface area contributed by atoms with Crippen molar-refractivity contribution >= 4 is 11.8 Å². The second-order valence-corrected chi connectivity index (χ2v) is 9.47. The van der Waals surface area contributed by atoms with Crippen LogP contribution in [0.4, 0.5) is 19.3 Å². The number of nitrogens with zero attached hydrogens (tertiary/aromatic N) is 1. The largest absolute Gasteiger partial charge is 0.465 e. The molecule has 0 spiro atoms. The van der Waals surface area contributed by atoms with Gasteiger partial charge in [0.05, 0.1) is 5.69 Å². The van der Waals surface area contributed by atoms with Crippen molar-refractivity contribution in [1.82, 2.24) is 0 Å². The second kappa shape index (κ2) is 11.3. The molecule has 0 saturated heterocycles. The van der Waals surface area contributed by atoms with Gasteiger partial charge < -0.3 is 5.11 Å². The Morgan fingerprint density at radius 3 is 2.16 bits per heavy atom. The van der Waals surface area contributed by atoms with E-state index < -0.39 is 17.7 Å². The molecule has 2 rings (SSSR count). The Morgan fingerprint density at radius 2 is 1.58 bits per heavy atom. The lowest BCUT2D eigenvalue weighted by Crippen LogP contribution is -2.32. The van der Waals surface area contributed by atoms with Gasteiger partial charge in [0.1, 0.15) is 11.6 Å². The topological polar surface area (TPSA) is 40.5 Å². The van der Waals surface area contributed by atoms with E-state index in [2.05, 4.69) is 27.7 Å². The molecule has 0 aliphatic carbocycles. The van der Waals surface area contributed by atoms with E-state index in [1.54, 1.807) is 0 Å². The highest BCUT2D eigenvalue weighted by Crippen LogP contribution is 2.29. The van der Waals surface area contributed by atoms with Crippen LogP contribution in [0.3, 0.4) is 0 Å². The average Bonchev–Trinajstić information content (AvgIpc) is 2.66.